The lowest BCUT2D eigenvalue weighted by molar-refractivity contribution is 0.704. The molecule has 1 unspecified atom stereocenters. The molecule has 0 spiro atoms. The average Bonchev–Trinajstić information content (AvgIpc) is 1.67. The van der Waals surface area contributed by atoms with Gasteiger partial charge in [0.1, 0.15) is 5.54 Å². The minimum Gasteiger partial charge on any atom is -0.310 e. The average molecular weight is 110 g/mol. The standard InChI is InChI=1S/C6H10N2/c1-5(2)6(3,8)4-7/h1,8H2,2-3H3. The Kier molecular flexibility index (Phi) is 1.77. The summed E-state index contributed by atoms with van der Waals surface area (Å²) in [5.41, 5.74) is 5.25. The maximum Gasteiger partial charge on any atom is 0.122 e. The molecule has 2 N–H and O–H groups in total. The highest BCUT2D eigenvalue weighted by atomic mass is 14.7. The minimum atomic E-state index is -0.847. The molecule has 0 aromatic heterocycles. The van der Waals surface area contributed by atoms with Gasteiger partial charge in [0.2, 0.25) is 0 Å². The maximum atomic E-state index is 8.33. The van der Waals surface area contributed by atoms with Crippen molar-refractivity contribution >= 4 is 0 Å². The van der Waals surface area contributed by atoms with E-state index < -0.39 is 5.54 Å². The third kappa shape index (κ3) is 1.36. The molecule has 2 nitrogen and oxygen atoms in total. The molecule has 0 aliphatic heterocycles. The molecule has 0 aromatic rings. The summed E-state index contributed by atoms with van der Waals surface area (Å²) in [5, 5.41) is 8.33. The molecule has 0 amide bonds. The smallest absolute Gasteiger partial charge is 0.122 e. The van der Waals surface area contributed by atoms with E-state index in [0.717, 1.165) is 0 Å². The second kappa shape index (κ2) is 1.97. The second-order valence-corrected chi connectivity index (χ2v) is 2.09. The highest BCUT2D eigenvalue weighted by Crippen LogP contribution is 2.06. The van der Waals surface area contributed by atoms with Crippen molar-refractivity contribution in [1.82, 2.24) is 0 Å². The van der Waals surface area contributed by atoms with Gasteiger partial charge in [-0.25, -0.2) is 0 Å². The SMILES string of the molecule is C=C(C)C(C)(N)C#N. The first-order valence-corrected chi connectivity index (χ1v) is 2.37. The molecule has 0 aliphatic carbocycles. The van der Waals surface area contributed by atoms with Crippen LogP contribution < -0.4 is 5.73 Å². The summed E-state index contributed by atoms with van der Waals surface area (Å²) in [4.78, 5) is 0. The van der Waals surface area contributed by atoms with Gasteiger partial charge in [-0.05, 0) is 19.4 Å². The van der Waals surface area contributed by atoms with Crippen LogP contribution in [-0.4, -0.2) is 5.54 Å². The Labute approximate surface area is 49.6 Å². The van der Waals surface area contributed by atoms with Crippen LogP contribution >= 0.6 is 0 Å². The van der Waals surface area contributed by atoms with Gasteiger partial charge < -0.3 is 5.73 Å². The van der Waals surface area contributed by atoms with Crippen LogP contribution in [0, 0.1) is 11.3 Å². The normalized spacial score (nSPS) is 16.2. The van der Waals surface area contributed by atoms with Gasteiger partial charge in [-0.3, -0.25) is 0 Å². The topological polar surface area (TPSA) is 49.8 Å². The molecule has 8 heavy (non-hydrogen) atoms. The molecule has 0 saturated carbocycles. The fourth-order valence-corrected chi connectivity index (χ4v) is 0.0954. The molecular weight excluding hydrogens is 100 g/mol. The lowest BCUT2D eigenvalue weighted by atomic mass is 9.98. The Morgan fingerprint density at radius 3 is 2.25 bits per heavy atom. The van der Waals surface area contributed by atoms with Crippen LogP contribution in [0.4, 0.5) is 0 Å². The van der Waals surface area contributed by atoms with Crippen LogP contribution in [0.1, 0.15) is 13.8 Å². The number of hydrogen-bond acceptors (Lipinski definition) is 2. The van der Waals surface area contributed by atoms with Crippen LogP contribution in [0.25, 0.3) is 0 Å². The summed E-state index contributed by atoms with van der Waals surface area (Å²) in [6, 6.07) is 1.92. The summed E-state index contributed by atoms with van der Waals surface area (Å²) in [6.07, 6.45) is 0. The van der Waals surface area contributed by atoms with Crippen LogP contribution in [0.5, 0.6) is 0 Å². The van der Waals surface area contributed by atoms with Crippen molar-refractivity contribution in [3.63, 3.8) is 0 Å². The first-order chi connectivity index (χ1) is 3.50. The second-order valence-electron chi connectivity index (χ2n) is 2.09. The van der Waals surface area contributed by atoms with Crippen molar-refractivity contribution in [3.8, 4) is 6.07 Å². The predicted octanol–water partition coefficient (Wildman–Crippen LogP) is 0.803. The molecule has 0 heterocycles. The lowest BCUT2D eigenvalue weighted by Crippen LogP contribution is -2.34. The summed E-state index contributed by atoms with van der Waals surface area (Å²) in [6.45, 7) is 6.92. The predicted molar refractivity (Wildman–Crippen MR) is 33.0 cm³/mol. The Morgan fingerprint density at radius 1 is 1.88 bits per heavy atom. The van der Waals surface area contributed by atoms with Gasteiger partial charge in [0.25, 0.3) is 0 Å². The third-order valence-corrected chi connectivity index (χ3v) is 1.12. The van der Waals surface area contributed by atoms with E-state index in [4.69, 9.17) is 11.0 Å². The molecule has 1 atom stereocenters. The van der Waals surface area contributed by atoms with E-state index in [0.29, 0.717) is 5.57 Å². The largest absolute Gasteiger partial charge is 0.310 e. The van der Waals surface area contributed by atoms with Crippen LogP contribution in [0.3, 0.4) is 0 Å². The van der Waals surface area contributed by atoms with E-state index in [1.54, 1.807) is 13.8 Å². The maximum absolute atomic E-state index is 8.33. The number of rotatable bonds is 1. The van der Waals surface area contributed by atoms with Crippen LogP contribution in [0.15, 0.2) is 12.2 Å². The molecular formula is C6H10N2. The van der Waals surface area contributed by atoms with Crippen molar-refractivity contribution in [2.75, 3.05) is 0 Å². The third-order valence-electron chi connectivity index (χ3n) is 1.12. The van der Waals surface area contributed by atoms with Crippen molar-refractivity contribution < 1.29 is 0 Å². The van der Waals surface area contributed by atoms with Gasteiger partial charge in [0.05, 0.1) is 6.07 Å². The Hall–Kier alpha value is -0.810. The number of nitrogens with zero attached hydrogens (tertiary/aromatic N) is 1. The quantitative estimate of drug-likeness (QED) is 0.507. The van der Waals surface area contributed by atoms with Gasteiger partial charge in [0, 0.05) is 0 Å². The molecule has 0 aromatic carbocycles. The zero-order valence-corrected chi connectivity index (χ0v) is 5.23. The molecule has 0 aliphatic rings. The molecule has 0 bridgehead atoms. The fourth-order valence-electron chi connectivity index (χ4n) is 0.0954. The summed E-state index contributed by atoms with van der Waals surface area (Å²) < 4.78 is 0. The van der Waals surface area contributed by atoms with Crippen molar-refractivity contribution in [3.05, 3.63) is 12.2 Å². The molecule has 44 valence electrons. The van der Waals surface area contributed by atoms with E-state index in [9.17, 15) is 0 Å². The molecule has 0 fully saturated rings. The van der Waals surface area contributed by atoms with Gasteiger partial charge >= 0.3 is 0 Å². The zero-order chi connectivity index (χ0) is 6.78. The van der Waals surface area contributed by atoms with E-state index >= 15 is 0 Å². The van der Waals surface area contributed by atoms with E-state index in [-0.39, 0.29) is 0 Å². The van der Waals surface area contributed by atoms with Gasteiger partial charge in [-0.1, -0.05) is 6.58 Å². The fraction of sp³-hybridized carbons (Fsp3) is 0.500. The first-order valence-electron chi connectivity index (χ1n) is 2.37. The lowest BCUT2D eigenvalue weighted by Gasteiger charge is -2.13. The Bertz CT molecular complexity index is 139. The van der Waals surface area contributed by atoms with Crippen molar-refractivity contribution in [1.29, 1.82) is 5.26 Å². The molecule has 0 rings (SSSR count). The molecule has 2 heteroatoms. The van der Waals surface area contributed by atoms with E-state index in [1.165, 1.54) is 0 Å². The van der Waals surface area contributed by atoms with Crippen molar-refractivity contribution in [2.24, 2.45) is 5.73 Å². The number of hydrogen-bond donors (Lipinski definition) is 1. The highest BCUT2D eigenvalue weighted by Gasteiger charge is 2.16. The summed E-state index contributed by atoms with van der Waals surface area (Å²) in [7, 11) is 0. The molecule has 0 radical (unpaired) electrons. The van der Waals surface area contributed by atoms with Gasteiger partial charge in [0.15, 0.2) is 0 Å². The number of nitriles is 1. The number of nitrogens with two attached hydrogens (primary N) is 1. The van der Waals surface area contributed by atoms with Crippen molar-refractivity contribution in [2.45, 2.75) is 19.4 Å². The first kappa shape index (κ1) is 7.19. The Balaban J connectivity index is 4.19. The van der Waals surface area contributed by atoms with Gasteiger partial charge in [-0.2, -0.15) is 5.26 Å². The minimum absolute atomic E-state index is 0.694. The van der Waals surface area contributed by atoms with E-state index in [2.05, 4.69) is 6.58 Å². The van der Waals surface area contributed by atoms with E-state index in [1.807, 2.05) is 6.07 Å². The monoisotopic (exact) mass is 110 g/mol. The zero-order valence-electron chi connectivity index (χ0n) is 5.23. The highest BCUT2D eigenvalue weighted by molar-refractivity contribution is 5.22. The molecule has 0 saturated heterocycles. The van der Waals surface area contributed by atoms with Crippen LogP contribution in [-0.2, 0) is 0 Å². The van der Waals surface area contributed by atoms with Gasteiger partial charge in [-0.15, -0.1) is 0 Å². The Morgan fingerprint density at radius 2 is 2.25 bits per heavy atom. The van der Waals surface area contributed by atoms with Crippen LogP contribution in [0.2, 0.25) is 0 Å². The summed E-state index contributed by atoms with van der Waals surface area (Å²) >= 11 is 0. The summed E-state index contributed by atoms with van der Waals surface area (Å²) in [5.74, 6) is 0.